The molecular weight excluding hydrogens is 328 g/mol. The van der Waals surface area contributed by atoms with Crippen molar-refractivity contribution < 1.29 is 19.8 Å². The van der Waals surface area contributed by atoms with Crippen molar-refractivity contribution in [2.24, 2.45) is 0 Å². The number of amides is 1. The Kier molecular flexibility index (Phi) is 4.86. The highest BCUT2D eigenvalue weighted by Crippen LogP contribution is 2.35. The number of benzene rings is 1. The molecule has 1 amide bonds. The summed E-state index contributed by atoms with van der Waals surface area (Å²) in [7, 11) is 1.59. The minimum absolute atomic E-state index is 0.0173. The predicted molar refractivity (Wildman–Crippen MR) is 90.4 cm³/mol. The topological polar surface area (TPSA) is 82.0 Å². The first-order chi connectivity index (χ1) is 11.5. The summed E-state index contributed by atoms with van der Waals surface area (Å²) < 4.78 is 5.12. The maximum Gasteiger partial charge on any atom is 0.254 e. The Bertz CT molecular complexity index is 742. The van der Waals surface area contributed by atoms with Crippen molar-refractivity contribution in [2.75, 3.05) is 13.7 Å². The fourth-order valence-electron chi connectivity index (χ4n) is 2.95. The first-order valence-corrected chi connectivity index (χ1v) is 8.48. The smallest absolute Gasteiger partial charge is 0.254 e. The van der Waals surface area contributed by atoms with E-state index in [0.29, 0.717) is 23.5 Å². The molecular formula is C17H20N2O4S. The van der Waals surface area contributed by atoms with E-state index in [4.69, 9.17) is 9.94 Å². The van der Waals surface area contributed by atoms with Crippen LogP contribution in [0.5, 0.6) is 5.75 Å². The van der Waals surface area contributed by atoms with Gasteiger partial charge in [0, 0.05) is 23.5 Å². The summed E-state index contributed by atoms with van der Waals surface area (Å²) in [5.41, 5.74) is 4.50. The fourth-order valence-corrected chi connectivity index (χ4v) is 4.19. The zero-order valence-electron chi connectivity index (χ0n) is 13.6. The zero-order chi connectivity index (χ0) is 17.3. The Morgan fingerprint density at radius 3 is 2.71 bits per heavy atom. The van der Waals surface area contributed by atoms with Gasteiger partial charge in [-0.25, -0.2) is 0 Å². The molecule has 1 atom stereocenters. The van der Waals surface area contributed by atoms with E-state index < -0.39 is 6.23 Å². The van der Waals surface area contributed by atoms with E-state index in [0.717, 1.165) is 28.2 Å². The van der Waals surface area contributed by atoms with Gasteiger partial charge in [-0.3, -0.25) is 4.79 Å². The molecule has 1 aliphatic rings. The molecule has 0 saturated heterocycles. The molecule has 128 valence electrons. The Hall–Kier alpha value is -1.93. The first kappa shape index (κ1) is 16.9. The molecule has 0 saturated carbocycles. The van der Waals surface area contributed by atoms with Crippen LogP contribution in [0.1, 0.15) is 37.5 Å². The number of methoxy groups -OCH3 is 1. The molecule has 1 aliphatic heterocycles. The van der Waals surface area contributed by atoms with Crippen molar-refractivity contribution >= 4 is 17.2 Å². The highest BCUT2D eigenvalue weighted by molar-refractivity contribution is 7.12. The molecule has 6 nitrogen and oxygen atoms in total. The highest BCUT2D eigenvalue weighted by atomic mass is 32.1. The number of hydrogen-bond acceptors (Lipinski definition) is 6. The number of aliphatic hydroxyl groups excluding tert-OH is 1. The largest absolute Gasteiger partial charge is 0.497 e. The maximum absolute atomic E-state index is 12.7. The SMILES string of the molecule is COc1ccc(C(=O)N2CCc3sc(C(O)NO)c(C)c3C2)cc1. The Morgan fingerprint density at radius 2 is 2.08 bits per heavy atom. The molecule has 1 unspecified atom stereocenters. The molecule has 1 aromatic heterocycles. The fraction of sp³-hybridized carbons (Fsp3) is 0.353. The molecule has 0 bridgehead atoms. The Balaban J connectivity index is 1.81. The van der Waals surface area contributed by atoms with Crippen molar-refractivity contribution in [3.05, 3.63) is 50.7 Å². The standard InChI is InChI=1S/C17H20N2O4S/c1-10-13-9-19(8-7-14(13)24-15(10)16(20)18-22)17(21)11-3-5-12(23-2)6-4-11/h3-6,16,18,20,22H,7-9H2,1-2H3. The number of fused-ring (bicyclic) bond motifs is 1. The number of carbonyl (C=O) groups is 1. The van der Waals surface area contributed by atoms with Crippen LogP contribution in [0.15, 0.2) is 24.3 Å². The molecule has 24 heavy (non-hydrogen) atoms. The van der Waals surface area contributed by atoms with Gasteiger partial charge in [-0.05, 0) is 48.7 Å². The van der Waals surface area contributed by atoms with Gasteiger partial charge in [0.1, 0.15) is 5.75 Å². The summed E-state index contributed by atoms with van der Waals surface area (Å²) in [5.74, 6) is 0.701. The minimum Gasteiger partial charge on any atom is -0.497 e. The molecule has 3 N–H and O–H groups in total. The van der Waals surface area contributed by atoms with Crippen LogP contribution >= 0.6 is 11.3 Å². The number of rotatable bonds is 4. The van der Waals surface area contributed by atoms with E-state index in [-0.39, 0.29) is 5.91 Å². The summed E-state index contributed by atoms with van der Waals surface area (Å²) in [6, 6.07) is 7.09. The van der Waals surface area contributed by atoms with E-state index in [9.17, 15) is 9.90 Å². The van der Waals surface area contributed by atoms with Crippen LogP contribution in [0.25, 0.3) is 0 Å². The van der Waals surface area contributed by atoms with Crippen LogP contribution in [-0.4, -0.2) is 34.8 Å². The first-order valence-electron chi connectivity index (χ1n) is 7.67. The second-order valence-corrected chi connectivity index (χ2v) is 6.87. The van der Waals surface area contributed by atoms with E-state index in [1.54, 1.807) is 31.4 Å². The zero-order valence-corrected chi connectivity index (χ0v) is 14.4. The van der Waals surface area contributed by atoms with Crippen molar-refractivity contribution in [3.63, 3.8) is 0 Å². The highest BCUT2D eigenvalue weighted by Gasteiger charge is 2.27. The number of aliphatic hydroxyl groups is 1. The molecule has 0 spiro atoms. The Labute approximate surface area is 144 Å². The number of carbonyl (C=O) groups excluding carboxylic acids is 1. The van der Waals surface area contributed by atoms with Crippen LogP contribution in [0, 0.1) is 6.92 Å². The lowest BCUT2D eigenvalue weighted by Gasteiger charge is -2.27. The average Bonchev–Trinajstić information content (AvgIpc) is 2.96. The quantitative estimate of drug-likeness (QED) is 0.583. The third-order valence-corrected chi connectivity index (χ3v) is 5.79. The average molecular weight is 348 g/mol. The Morgan fingerprint density at radius 1 is 1.38 bits per heavy atom. The predicted octanol–water partition coefficient (Wildman–Crippen LogP) is 2.23. The monoisotopic (exact) mass is 348 g/mol. The molecule has 0 radical (unpaired) electrons. The summed E-state index contributed by atoms with van der Waals surface area (Å²) in [6.45, 7) is 3.06. The number of nitrogens with zero attached hydrogens (tertiary/aromatic N) is 1. The van der Waals surface area contributed by atoms with Gasteiger partial charge in [-0.2, -0.15) is 5.48 Å². The van der Waals surface area contributed by atoms with Gasteiger partial charge >= 0.3 is 0 Å². The van der Waals surface area contributed by atoms with Crippen molar-refractivity contribution in [2.45, 2.75) is 26.1 Å². The molecule has 0 aliphatic carbocycles. The number of hydrogen-bond donors (Lipinski definition) is 3. The lowest BCUT2D eigenvalue weighted by Crippen LogP contribution is -2.35. The van der Waals surface area contributed by atoms with Crippen molar-refractivity contribution in [1.82, 2.24) is 10.4 Å². The van der Waals surface area contributed by atoms with Crippen LogP contribution < -0.4 is 10.2 Å². The number of nitrogens with one attached hydrogen (secondary N) is 1. The van der Waals surface area contributed by atoms with E-state index in [1.165, 1.54) is 11.3 Å². The van der Waals surface area contributed by atoms with E-state index >= 15 is 0 Å². The lowest BCUT2D eigenvalue weighted by molar-refractivity contribution is 0.00252. The normalized spacial score (nSPS) is 15.1. The number of thiophene rings is 1. The molecule has 2 heterocycles. The number of ether oxygens (including phenoxy) is 1. The summed E-state index contributed by atoms with van der Waals surface area (Å²) in [6.07, 6.45) is -0.340. The molecule has 2 aromatic rings. The van der Waals surface area contributed by atoms with Crippen LogP contribution in [0.3, 0.4) is 0 Å². The van der Waals surface area contributed by atoms with Gasteiger partial charge < -0.3 is 20.0 Å². The van der Waals surface area contributed by atoms with Gasteiger partial charge in [0.25, 0.3) is 5.91 Å². The van der Waals surface area contributed by atoms with Gasteiger partial charge in [0.15, 0.2) is 6.23 Å². The van der Waals surface area contributed by atoms with Crippen LogP contribution in [-0.2, 0) is 13.0 Å². The lowest BCUT2D eigenvalue weighted by atomic mass is 10.0. The molecule has 3 rings (SSSR count). The van der Waals surface area contributed by atoms with E-state index in [2.05, 4.69) is 0 Å². The van der Waals surface area contributed by atoms with Crippen LogP contribution in [0.2, 0.25) is 0 Å². The van der Waals surface area contributed by atoms with Crippen molar-refractivity contribution in [3.8, 4) is 5.75 Å². The third-order valence-electron chi connectivity index (χ3n) is 4.34. The van der Waals surface area contributed by atoms with Gasteiger partial charge in [-0.1, -0.05) is 0 Å². The van der Waals surface area contributed by atoms with Crippen molar-refractivity contribution in [1.29, 1.82) is 0 Å². The molecule has 0 fully saturated rings. The van der Waals surface area contributed by atoms with E-state index in [1.807, 2.05) is 17.3 Å². The minimum atomic E-state index is -1.09. The summed E-state index contributed by atoms with van der Waals surface area (Å²) in [4.78, 5) is 16.4. The summed E-state index contributed by atoms with van der Waals surface area (Å²) >= 11 is 1.48. The number of hydroxylamine groups is 1. The van der Waals surface area contributed by atoms with Gasteiger partial charge in [0.05, 0.1) is 12.0 Å². The molecule has 1 aromatic carbocycles. The third kappa shape index (κ3) is 3.03. The summed E-state index contributed by atoms with van der Waals surface area (Å²) in [5, 5.41) is 18.8. The second kappa shape index (κ2) is 6.90. The van der Waals surface area contributed by atoms with Gasteiger partial charge in [0.2, 0.25) is 0 Å². The molecule has 7 heteroatoms. The van der Waals surface area contributed by atoms with Gasteiger partial charge in [-0.15, -0.1) is 11.3 Å². The maximum atomic E-state index is 12.7. The van der Waals surface area contributed by atoms with Crippen LogP contribution in [0.4, 0.5) is 0 Å². The second-order valence-electron chi connectivity index (χ2n) is 5.73.